The summed E-state index contributed by atoms with van der Waals surface area (Å²) < 4.78 is 0.889. The standard InChI is InChI=1S/C22H22BrNOS2/c1-26-20-21(25)24(15-16-9-5-6-12-18(16)23)19-13-7-8-14-22(19,20)27-17-10-3-2-4-11-17/h2-6,9-13,20H,7-8,14-15H2,1H3. The number of carbonyl (C=O) groups excluding carboxylic acids is 1. The van der Waals surface area contributed by atoms with Crippen LogP contribution in [0.15, 0.2) is 75.7 Å². The monoisotopic (exact) mass is 459 g/mol. The zero-order valence-corrected chi connectivity index (χ0v) is 18.4. The van der Waals surface area contributed by atoms with Gasteiger partial charge in [0.1, 0.15) is 5.25 Å². The van der Waals surface area contributed by atoms with Crippen LogP contribution < -0.4 is 0 Å². The highest BCUT2D eigenvalue weighted by Crippen LogP contribution is 2.56. The zero-order valence-electron chi connectivity index (χ0n) is 15.2. The summed E-state index contributed by atoms with van der Waals surface area (Å²) in [4.78, 5) is 16.7. The fourth-order valence-corrected chi connectivity index (χ4v) is 7.33. The molecule has 2 unspecified atom stereocenters. The molecule has 0 radical (unpaired) electrons. The maximum atomic E-state index is 13.4. The first-order chi connectivity index (χ1) is 13.2. The van der Waals surface area contributed by atoms with Gasteiger partial charge in [0.15, 0.2) is 0 Å². The highest BCUT2D eigenvalue weighted by atomic mass is 79.9. The highest BCUT2D eigenvalue weighted by Gasteiger charge is 2.56. The minimum atomic E-state index is -0.169. The van der Waals surface area contributed by atoms with Crippen LogP contribution >= 0.6 is 39.5 Å². The third kappa shape index (κ3) is 3.50. The lowest BCUT2D eigenvalue weighted by atomic mass is 9.91. The SMILES string of the molecule is CSC1C(=O)N(Cc2ccccc2Br)C2=CCCCC21Sc1ccccc1. The molecule has 1 amide bonds. The Morgan fingerprint density at radius 1 is 1.15 bits per heavy atom. The van der Waals surface area contributed by atoms with E-state index in [1.54, 1.807) is 11.8 Å². The average Bonchev–Trinajstić information content (AvgIpc) is 2.91. The first-order valence-electron chi connectivity index (χ1n) is 9.18. The molecule has 140 valence electrons. The van der Waals surface area contributed by atoms with Crippen LogP contribution in [0.2, 0.25) is 0 Å². The van der Waals surface area contributed by atoms with Crippen molar-refractivity contribution in [3.05, 3.63) is 76.4 Å². The van der Waals surface area contributed by atoms with Gasteiger partial charge in [0.2, 0.25) is 5.91 Å². The molecule has 0 spiro atoms. The van der Waals surface area contributed by atoms with Crippen LogP contribution in [0.3, 0.4) is 0 Å². The fourth-order valence-electron chi connectivity index (χ4n) is 4.07. The summed E-state index contributed by atoms with van der Waals surface area (Å²) >= 11 is 7.22. The largest absolute Gasteiger partial charge is 0.310 e. The molecule has 0 saturated carbocycles. The summed E-state index contributed by atoms with van der Waals surface area (Å²) in [5.74, 6) is 0.245. The number of hydrogen-bond donors (Lipinski definition) is 0. The Hall–Kier alpha value is -1.17. The van der Waals surface area contributed by atoms with Gasteiger partial charge in [-0.25, -0.2) is 0 Å². The minimum absolute atomic E-state index is 0.0447. The molecule has 1 heterocycles. The van der Waals surface area contributed by atoms with E-state index in [2.05, 4.69) is 58.6 Å². The van der Waals surface area contributed by atoms with Gasteiger partial charge >= 0.3 is 0 Å². The number of likely N-dealkylation sites (tertiary alicyclic amines) is 1. The van der Waals surface area contributed by atoms with Gasteiger partial charge < -0.3 is 4.90 Å². The van der Waals surface area contributed by atoms with Crippen LogP contribution in [0.1, 0.15) is 24.8 Å². The second kappa shape index (κ2) is 8.06. The predicted molar refractivity (Wildman–Crippen MR) is 119 cm³/mol. The number of benzene rings is 2. The van der Waals surface area contributed by atoms with Crippen molar-refractivity contribution in [3.8, 4) is 0 Å². The molecule has 2 aromatic rings. The van der Waals surface area contributed by atoms with Crippen molar-refractivity contribution in [2.24, 2.45) is 0 Å². The molecule has 0 bridgehead atoms. The molecule has 1 aliphatic carbocycles. The van der Waals surface area contributed by atoms with Crippen LogP contribution in [0.5, 0.6) is 0 Å². The molecule has 1 aliphatic heterocycles. The lowest BCUT2D eigenvalue weighted by molar-refractivity contribution is -0.126. The van der Waals surface area contributed by atoms with Crippen molar-refractivity contribution in [2.75, 3.05) is 6.26 Å². The van der Waals surface area contributed by atoms with Crippen LogP contribution in [0.4, 0.5) is 0 Å². The molecule has 1 saturated heterocycles. The van der Waals surface area contributed by atoms with Gasteiger partial charge in [0.05, 0.1) is 11.3 Å². The fraction of sp³-hybridized carbons (Fsp3) is 0.318. The molecule has 0 aromatic heterocycles. The Labute approximate surface area is 177 Å². The molecular formula is C22H22BrNOS2. The maximum Gasteiger partial charge on any atom is 0.242 e. The average molecular weight is 460 g/mol. The van der Waals surface area contributed by atoms with Crippen LogP contribution in [-0.2, 0) is 11.3 Å². The van der Waals surface area contributed by atoms with E-state index in [0.717, 1.165) is 29.3 Å². The number of amides is 1. The number of allylic oxidation sites excluding steroid dienone is 1. The van der Waals surface area contributed by atoms with Crippen molar-refractivity contribution in [3.63, 3.8) is 0 Å². The smallest absolute Gasteiger partial charge is 0.242 e. The number of thioether (sulfide) groups is 2. The quantitative estimate of drug-likeness (QED) is 0.536. The molecule has 2 atom stereocenters. The van der Waals surface area contributed by atoms with Crippen molar-refractivity contribution in [2.45, 2.75) is 40.7 Å². The number of rotatable bonds is 5. The summed E-state index contributed by atoms with van der Waals surface area (Å²) in [5.41, 5.74) is 2.36. The van der Waals surface area contributed by atoms with Crippen molar-refractivity contribution >= 4 is 45.4 Å². The lowest BCUT2D eigenvalue weighted by Crippen LogP contribution is -2.37. The van der Waals surface area contributed by atoms with E-state index >= 15 is 0 Å². The normalized spacial score (nSPS) is 24.7. The Morgan fingerprint density at radius 2 is 1.89 bits per heavy atom. The van der Waals surface area contributed by atoms with Gasteiger partial charge in [-0.05, 0) is 49.3 Å². The van der Waals surface area contributed by atoms with E-state index in [1.165, 1.54) is 10.6 Å². The van der Waals surface area contributed by atoms with Crippen molar-refractivity contribution in [1.29, 1.82) is 0 Å². The third-order valence-electron chi connectivity index (χ3n) is 5.29. The van der Waals surface area contributed by atoms with Crippen LogP contribution in [0, 0.1) is 0 Å². The van der Waals surface area contributed by atoms with E-state index in [9.17, 15) is 4.79 Å². The summed E-state index contributed by atoms with van der Waals surface area (Å²) in [6.45, 7) is 0.625. The van der Waals surface area contributed by atoms with Gasteiger partial charge in [-0.2, -0.15) is 11.8 Å². The van der Waals surface area contributed by atoms with Gasteiger partial charge in [0, 0.05) is 15.1 Å². The molecule has 2 nitrogen and oxygen atoms in total. The van der Waals surface area contributed by atoms with E-state index in [1.807, 2.05) is 40.9 Å². The summed E-state index contributed by atoms with van der Waals surface area (Å²) in [5, 5.41) is -0.0447. The Morgan fingerprint density at radius 3 is 2.63 bits per heavy atom. The van der Waals surface area contributed by atoms with E-state index in [0.29, 0.717) is 6.54 Å². The van der Waals surface area contributed by atoms with Crippen molar-refractivity contribution < 1.29 is 4.79 Å². The molecule has 27 heavy (non-hydrogen) atoms. The zero-order chi connectivity index (χ0) is 18.9. The molecule has 2 aromatic carbocycles. The molecule has 1 fully saturated rings. The molecule has 4 rings (SSSR count). The topological polar surface area (TPSA) is 20.3 Å². The van der Waals surface area contributed by atoms with E-state index < -0.39 is 0 Å². The van der Waals surface area contributed by atoms with E-state index in [-0.39, 0.29) is 15.9 Å². The first kappa shape index (κ1) is 19.2. The number of fused-ring (bicyclic) bond motifs is 1. The second-order valence-electron chi connectivity index (χ2n) is 6.92. The molecule has 2 aliphatic rings. The number of carbonyl (C=O) groups is 1. The van der Waals surface area contributed by atoms with Crippen LogP contribution in [0.25, 0.3) is 0 Å². The van der Waals surface area contributed by atoms with Crippen molar-refractivity contribution in [1.82, 2.24) is 4.90 Å². The van der Waals surface area contributed by atoms with E-state index in [4.69, 9.17) is 0 Å². The summed E-state index contributed by atoms with van der Waals surface area (Å²) in [7, 11) is 0. The van der Waals surface area contributed by atoms with Gasteiger partial charge in [-0.1, -0.05) is 58.4 Å². The van der Waals surface area contributed by atoms with Gasteiger partial charge in [0.25, 0.3) is 0 Å². The summed E-state index contributed by atoms with van der Waals surface area (Å²) in [6, 6.07) is 18.7. The number of nitrogens with zero attached hydrogens (tertiary/aromatic N) is 1. The number of hydrogen-bond acceptors (Lipinski definition) is 3. The third-order valence-corrected chi connectivity index (χ3v) is 8.81. The van der Waals surface area contributed by atoms with Crippen LogP contribution in [-0.4, -0.2) is 27.1 Å². The lowest BCUT2D eigenvalue weighted by Gasteiger charge is -2.37. The highest BCUT2D eigenvalue weighted by molar-refractivity contribution is 9.10. The first-order valence-corrected chi connectivity index (χ1v) is 12.1. The van der Waals surface area contributed by atoms with Gasteiger partial charge in [-0.3, -0.25) is 4.79 Å². The second-order valence-corrected chi connectivity index (χ2v) is 10.1. The minimum Gasteiger partial charge on any atom is -0.310 e. The number of halogens is 1. The molecule has 0 N–H and O–H groups in total. The Bertz CT molecular complexity index is 870. The molecule has 5 heteroatoms. The maximum absolute atomic E-state index is 13.4. The summed E-state index contributed by atoms with van der Waals surface area (Å²) in [6.07, 6.45) is 7.61. The van der Waals surface area contributed by atoms with Gasteiger partial charge in [-0.15, -0.1) is 11.8 Å². The predicted octanol–water partition coefficient (Wildman–Crippen LogP) is 6.12. The Kier molecular flexibility index (Phi) is 5.72. The Balaban J connectivity index is 1.73. The molecular weight excluding hydrogens is 438 g/mol.